The number of likely N-dealkylation sites (tertiary alicyclic amines) is 1. The number of nitrogens with zero attached hydrogens (tertiary/aromatic N) is 3. The van der Waals surface area contributed by atoms with Crippen molar-refractivity contribution in [2.45, 2.75) is 19.4 Å². The number of aliphatic carboxylic acids is 2. The van der Waals surface area contributed by atoms with Crippen LogP contribution in [0.25, 0.3) is 11.0 Å². The van der Waals surface area contributed by atoms with E-state index in [1.165, 1.54) is 18.4 Å². The lowest BCUT2D eigenvalue weighted by Gasteiger charge is -2.32. The van der Waals surface area contributed by atoms with Crippen LogP contribution >= 0.6 is 0 Å². The fourth-order valence-corrected chi connectivity index (χ4v) is 3.41. The molecule has 0 bridgehead atoms. The molecule has 1 fully saturated rings. The fraction of sp³-hybridized carbons (Fsp3) is 0.286. The zero-order valence-corrected chi connectivity index (χ0v) is 16.5. The molecule has 3 heterocycles. The third-order valence-electron chi connectivity index (χ3n) is 5.01. The van der Waals surface area contributed by atoms with E-state index in [4.69, 9.17) is 24.2 Å². The number of rotatable bonds is 3. The minimum Gasteiger partial charge on any atom is -0.473 e. The second kappa shape index (κ2) is 9.70. The molecule has 0 aliphatic carbocycles. The number of fused-ring (bicyclic) bond motifs is 1. The molecule has 1 amide bonds. The van der Waals surface area contributed by atoms with Gasteiger partial charge in [-0.1, -0.05) is 12.1 Å². The third kappa shape index (κ3) is 5.56. The number of benzene rings is 1. The maximum Gasteiger partial charge on any atom is 0.414 e. The van der Waals surface area contributed by atoms with Gasteiger partial charge in [0.2, 0.25) is 0 Å². The van der Waals surface area contributed by atoms with Crippen LogP contribution in [-0.2, 0) is 16.1 Å². The Labute approximate surface area is 176 Å². The van der Waals surface area contributed by atoms with E-state index >= 15 is 0 Å². The highest BCUT2D eigenvalue weighted by atomic mass is 16.4. The van der Waals surface area contributed by atoms with Crippen LogP contribution in [0.1, 0.15) is 23.2 Å². The Hall–Kier alpha value is -3.95. The number of carbonyl (C=O) groups excluding carboxylic acids is 1. The summed E-state index contributed by atoms with van der Waals surface area (Å²) in [5, 5.41) is 14.8. The van der Waals surface area contributed by atoms with Crippen molar-refractivity contribution < 1.29 is 29.0 Å². The lowest BCUT2D eigenvalue weighted by atomic mass is 9.96. The molecule has 0 spiro atoms. The van der Waals surface area contributed by atoms with Crippen molar-refractivity contribution in [3.8, 4) is 0 Å². The van der Waals surface area contributed by atoms with E-state index in [0.29, 0.717) is 11.5 Å². The predicted octanol–water partition coefficient (Wildman–Crippen LogP) is 1.70. The highest BCUT2D eigenvalue weighted by Crippen LogP contribution is 2.22. The highest BCUT2D eigenvalue weighted by molar-refractivity contribution is 6.27. The maximum absolute atomic E-state index is 12.5. The molecule has 10 heteroatoms. The lowest BCUT2D eigenvalue weighted by molar-refractivity contribution is -0.159. The Morgan fingerprint density at radius 1 is 1.03 bits per heavy atom. The minimum atomic E-state index is -1.82. The van der Waals surface area contributed by atoms with Crippen molar-refractivity contribution in [2.75, 3.05) is 13.1 Å². The largest absolute Gasteiger partial charge is 0.473 e. The van der Waals surface area contributed by atoms with Crippen LogP contribution in [0.2, 0.25) is 0 Å². The van der Waals surface area contributed by atoms with Gasteiger partial charge < -0.3 is 24.1 Å². The van der Waals surface area contributed by atoms with Gasteiger partial charge in [0.25, 0.3) is 5.91 Å². The quantitative estimate of drug-likeness (QED) is 0.601. The Kier molecular flexibility index (Phi) is 6.81. The van der Waals surface area contributed by atoms with Gasteiger partial charge >= 0.3 is 17.6 Å². The Morgan fingerprint density at radius 2 is 1.71 bits per heavy atom. The first-order valence-corrected chi connectivity index (χ1v) is 9.59. The summed E-state index contributed by atoms with van der Waals surface area (Å²) in [5.74, 6) is -3.20. The molecule has 2 aromatic heterocycles. The molecule has 0 atom stereocenters. The second-order valence-electron chi connectivity index (χ2n) is 7.07. The second-order valence-corrected chi connectivity index (χ2v) is 7.07. The highest BCUT2D eigenvalue weighted by Gasteiger charge is 2.24. The van der Waals surface area contributed by atoms with Gasteiger partial charge in [0.05, 0.1) is 22.9 Å². The van der Waals surface area contributed by atoms with Gasteiger partial charge in [-0.15, -0.1) is 0 Å². The van der Waals surface area contributed by atoms with Crippen LogP contribution in [0.5, 0.6) is 0 Å². The molecule has 31 heavy (non-hydrogen) atoms. The van der Waals surface area contributed by atoms with Crippen molar-refractivity contribution in [3.05, 3.63) is 65.0 Å². The van der Waals surface area contributed by atoms with Gasteiger partial charge in [-0.05, 0) is 37.0 Å². The summed E-state index contributed by atoms with van der Waals surface area (Å²) in [6.07, 6.45) is 5.05. The van der Waals surface area contributed by atoms with Gasteiger partial charge in [0.1, 0.15) is 6.26 Å². The van der Waals surface area contributed by atoms with Crippen LogP contribution < -0.4 is 5.63 Å². The standard InChI is InChI=1S/C19H19N3O3.C2H2O4/c23-18-6-5-15(12-25-18)19(24)21-9-7-14(8-10-21)11-22-13-20-16-3-1-2-4-17(16)22;3-1(4)2(5)6/h1-6,12-14H,7-11H2;(H,3,4)(H,5,6). The van der Waals surface area contributed by atoms with E-state index in [-0.39, 0.29) is 5.91 Å². The summed E-state index contributed by atoms with van der Waals surface area (Å²) >= 11 is 0. The molecular formula is C21H21N3O7. The number of hydrogen-bond donors (Lipinski definition) is 2. The van der Waals surface area contributed by atoms with Crippen molar-refractivity contribution in [1.82, 2.24) is 14.5 Å². The number of amides is 1. The SMILES string of the molecule is O=C(O)C(=O)O.O=C(c1ccc(=O)oc1)N1CCC(Cn2cnc3ccccc32)CC1. The summed E-state index contributed by atoms with van der Waals surface area (Å²) in [6, 6.07) is 10.9. The number of aromatic nitrogens is 2. The number of carboxylic acid groups (broad SMARTS) is 2. The van der Waals surface area contributed by atoms with E-state index in [2.05, 4.69) is 15.6 Å². The first-order chi connectivity index (χ1) is 14.8. The summed E-state index contributed by atoms with van der Waals surface area (Å²) in [5.41, 5.74) is 2.16. The zero-order valence-electron chi connectivity index (χ0n) is 16.5. The first-order valence-electron chi connectivity index (χ1n) is 9.59. The average Bonchev–Trinajstić information content (AvgIpc) is 3.17. The molecular weight excluding hydrogens is 406 g/mol. The van der Waals surface area contributed by atoms with E-state index < -0.39 is 17.6 Å². The van der Waals surface area contributed by atoms with Crippen molar-refractivity contribution >= 4 is 28.9 Å². The topological polar surface area (TPSA) is 143 Å². The van der Waals surface area contributed by atoms with Crippen molar-refractivity contribution in [2.24, 2.45) is 5.92 Å². The lowest BCUT2D eigenvalue weighted by Crippen LogP contribution is -2.39. The number of hydrogen-bond acceptors (Lipinski definition) is 6. The molecule has 1 aromatic carbocycles. The van der Waals surface area contributed by atoms with E-state index in [0.717, 1.165) is 43.5 Å². The van der Waals surface area contributed by atoms with E-state index in [9.17, 15) is 9.59 Å². The van der Waals surface area contributed by atoms with Gasteiger partial charge in [-0.25, -0.2) is 19.4 Å². The normalized spacial score (nSPS) is 14.0. The molecule has 2 N–H and O–H groups in total. The Bertz CT molecular complexity index is 1110. The Balaban J connectivity index is 0.000000401. The summed E-state index contributed by atoms with van der Waals surface area (Å²) in [6.45, 7) is 2.35. The molecule has 3 aromatic rings. The summed E-state index contributed by atoms with van der Waals surface area (Å²) in [7, 11) is 0. The summed E-state index contributed by atoms with van der Waals surface area (Å²) in [4.78, 5) is 47.9. The van der Waals surface area contributed by atoms with Gasteiger partial charge in [0, 0.05) is 25.7 Å². The summed E-state index contributed by atoms with van der Waals surface area (Å²) < 4.78 is 6.99. The van der Waals surface area contributed by atoms with Gasteiger partial charge in [0.15, 0.2) is 0 Å². The predicted molar refractivity (Wildman–Crippen MR) is 109 cm³/mol. The smallest absolute Gasteiger partial charge is 0.414 e. The molecule has 0 radical (unpaired) electrons. The van der Waals surface area contributed by atoms with E-state index in [1.807, 2.05) is 29.4 Å². The number of carbonyl (C=O) groups is 3. The molecule has 0 unspecified atom stereocenters. The monoisotopic (exact) mass is 427 g/mol. The molecule has 1 aliphatic rings. The molecule has 4 rings (SSSR count). The van der Waals surface area contributed by atoms with E-state index in [1.54, 1.807) is 0 Å². The molecule has 1 aliphatic heterocycles. The average molecular weight is 427 g/mol. The van der Waals surface area contributed by atoms with Crippen LogP contribution in [0.15, 0.2) is 58.2 Å². The van der Waals surface area contributed by atoms with Gasteiger partial charge in [-0.3, -0.25) is 4.79 Å². The minimum absolute atomic E-state index is 0.0738. The number of imidazole rings is 1. The molecule has 162 valence electrons. The molecule has 1 saturated heterocycles. The third-order valence-corrected chi connectivity index (χ3v) is 5.01. The number of piperidine rings is 1. The maximum atomic E-state index is 12.5. The van der Waals surface area contributed by atoms with Crippen molar-refractivity contribution in [3.63, 3.8) is 0 Å². The van der Waals surface area contributed by atoms with Gasteiger partial charge in [-0.2, -0.15) is 0 Å². The Morgan fingerprint density at radius 3 is 2.32 bits per heavy atom. The van der Waals surface area contributed by atoms with Crippen molar-refractivity contribution in [1.29, 1.82) is 0 Å². The zero-order chi connectivity index (χ0) is 22.4. The van der Waals surface area contributed by atoms with Crippen LogP contribution in [-0.4, -0.2) is 55.6 Å². The fourth-order valence-electron chi connectivity index (χ4n) is 3.41. The number of para-hydroxylation sites is 2. The molecule has 10 nitrogen and oxygen atoms in total. The molecule has 0 saturated carbocycles. The number of carboxylic acids is 2. The first kappa shape index (κ1) is 21.8. The van der Waals surface area contributed by atoms with Crippen LogP contribution in [0, 0.1) is 5.92 Å². The van der Waals surface area contributed by atoms with Crippen LogP contribution in [0.3, 0.4) is 0 Å². The van der Waals surface area contributed by atoms with Crippen LogP contribution in [0.4, 0.5) is 0 Å².